The molecule has 0 N–H and O–H groups in total. The number of unbranched alkanes of at least 4 members (excludes halogenated alkanes) is 7. The molecule has 2 aromatic rings. The highest BCUT2D eigenvalue weighted by Gasteiger charge is 2.34. The first-order valence-corrected chi connectivity index (χ1v) is 10.8. The molecule has 0 saturated heterocycles. The molecule has 154 valence electrons. The molecule has 0 radical (unpaired) electrons. The zero-order chi connectivity index (χ0) is 20.5. The SMILES string of the molecule is Cc1ccc(OCCCCCCCCCCN2C(=O)c3ccccc3C2=O)cc1. The van der Waals surface area contributed by atoms with Crippen molar-refractivity contribution < 1.29 is 14.3 Å². The van der Waals surface area contributed by atoms with Gasteiger partial charge >= 0.3 is 0 Å². The van der Waals surface area contributed by atoms with Gasteiger partial charge in [-0.3, -0.25) is 14.5 Å². The lowest BCUT2D eigenvalue weighted by Crippen LogP contribution is -2.30. The first kappa shape index (κ1) is 21.1. The molecule has 0 bridgehead atoms. The number of ether oxygens (including phenoxy) is 1. The van der Waals surface area contributed by atoms with E-state index in [1.165, 1.54) is 36.1 Å². The van der Waals surface area contributed by atoms with Gasteiger partial charge in [0.15, 0.2) is 0 Å². The summed E-state index contributed by atoms with van der Waals surface area (Å²) >= 11 is 0. The Bertz CT molecular complexity index is 778. The second-order valence-electron chi connectivity index (χ2n) is 7.80. The summed E-state index contributed by atoms with van der Waals surface area (Å²) in [5, 5.41) is 0. The third-order valence-corrected chi connectivity index (χ3v) is 5.44. The lowest BCUT2D eigenvalue weighted by molar-refractivity contribution is 0.0651. The van der Waals surface area contributed by atoms with Crippen LogP contribution in [0.4, 0.5) is 0 Å². The summed E-state index contributed by atoms with van der Waals surface area (Å²) in [5.74, 6) is 0.672. The van der Waals surface area contributed by atoms with E-state index < -0.39 is 0 Å². The first-order valence-electron chi connectivity index (χ1n) is 10.8. The van der Waals surface area contributed by atoms with Crippen LogP contribution in [0.25, 0.3) is 0 Å². The van der Waals surface area contributed by atoms with Crippen molar-refractivity contribution in [1.29, 1.82) is 0 Å². The smallest absolute Gasteiger partial charge is 0.261 e. The van der Waals surface area contributed by atoms with Crippen LogP contribution in [0.1, 0.15) is 77.6 Å². The molecule has 0 aliphatic carbocycles. The fraction of sp³-hybridized carbons (Fsp3) is 0.440. The number of imide groups is 1. The van der Waals surface area contributed by atoms with Gasteiger partial charge in [0.2, 0.25) is 0 Å². The molecular formula is C25H31NO3. The summed E-state index contributed by atoms with van der Waals surface area (Å²) in [6.45, 7) is 3.39. The van der Waals surface area contributed by atoms with Crippen LogP contribution in [-0.4, -0.2) is 29.9 Å². The van der Waals surface area contributed by atoms with Crippen molar-refractivity contribution in [2.75, 3.05) is 13.2 Å². The number of nitrogens with zero attached hydrogens (tertiary/aromatic N) is 1. The van der Waals surface area contributed by atoms with Crippen molar-refractivity contribution in [2.24, 2.45) is 0 Å². The maximum Gasteiger partial charge on any atom is 0.261 e. The van der Waals surface area contributed by atoms with Crippen molar-refractivity contribution in [2.45, 2.75) is 58.3 Å². The van der Waals surface area contributed by atoms with Gasteiger partial charge in [-0.2, -0.15) is 0 Å². The van der Waals surface area contributed by atoms with Crippen molar-refractivity contribution >= 4 is 11.8 Å². The van der Waals surface area contributed by atoms with E-state index in [2.05, 4.69) is 19.1 Å². The Labute approximate surface area is 173 Å². The summed E-state index contributed by atoms with van der Waals surface area (Å²) in [6, 6.07) is 15.3. The summed E-state index contributed by atoms with van der Waals surface area (Å²) in [4.78, 5) is 26.0. The molecule has 4 heteroatoms. The average Bonchev–Trinajstić information content (AvgIpc) is 2.98. The lowest BCUT2D eigenvalue weighted by atomic mass is 10.1. The fourth-order valence-corrected chi connectivity index (χ4v) is 3.70. The van der Waals surface area contributed by atoms with Gasteiger partial charge in [0, 0.05) is 6.54 Å². The summed E-state index contributed by atoms with van der Waals surface area (Å²) in [5.41, 5.74) is 2.34. The van der Waals surface area contributed by atoms with Gasteiger partial charge in [0.25, 0.3) is 11.8 Å². The Morgan fingerprint density at radius 1 is 0.690 bits per heavy atom. The molecule has 0 aromatic heterocycles. The van der Waals surface area contributed by atoms with Crippen molar-refractivity contribution in [1.82, 2.24) is 4.90 Å². The predicted octanol–water partition coefficient (Wildman–Crippen LogP) is 5.79. The summed E-state index contributed by atoms with van der Waals surface area (Å²) < 4.78 is 5.75. The van der Waals surface area contributed by atoms with Gasteiger partial charge in [-0.15, -0.1) is 0 Å². The van der Waals surface area contributed by atoms with E-state index in [1.54, 1.807) is 12.1 Å². The van der Waals surface area contributed by atoms with E-state index >= 15 is 0 Å². The van der Waals surface area contributed by atoms with Crippen LogP contribution in [0, 0.1) is 6.92 Å². The molecule has 1 heterocycles. The van der Waals surface area contributed by atoms with Crippen LogP contribution in [0.5, 0.6) is 5.75 Å². The van der Waals surface area contributed by atoms with Crippen LogP contribution in [0.2, 0.25) is 0 Å². The highest BCUT2D eigenvalue weighted by molar-refractivity contribution is 6.21. The second-order valence-corrected chi connectivity index (χ2v) is 7.80. The zero-order valence-corrected chi connectivity index (χ0v) is 17.4. The number of hydrogen-bond donors (Lipinski definition) is 0. The lowest BCUT2D eigenvalue weighted by Gasteiger charge is -2.13. The molecule has 0 fully saturated rings. The average molecular weight is 394 g/mol. The van der Waals surface area contributed by atoms with Gasteiger partial charge in [0.05, 0.1) is 17.7 Å². The third-order valence-electron chi connectivity index (χ3n) is 5.44. The minimum atomic E-state index is -0.140. The van der Waals surface area contributed by atoms with Gasteiger partial charge in [-0.1, -0.05) is 68.4 Å². The highest BCUT2D eigenvalue weighted by atomic mass is 16.5. The molecule has 1 aliphatic rings. The van der Waals surface area contributed by atoms with E-state index in [1.807, 2.05) is 24.3 Å². The Kier molecular flexibility index (Phi) is 7.85. The van der Waals surface area contributed by atoms with Crippen molar-refractivity contribution in [3.05, 3.63) is 65.2 Å². The van der Waals surface area contributed by atoms with E-state index in [4.69, 9.17) is 4.74 Å². The van der Waals surface area contributed by atoms with Crippen LogP contribution in [-0.2, 0) is 0 Å². The van der Waals surface area contributed by atoms with Crippen LogP contribution >= 0.6 is 0 Å². The minimum Gasteiger partial charge on any atom is -0.494 e. The monoisotopic (exact) mass is 393 g/mol. The van der Waals surface area contributed by atoms with E-state index in [-0.39, 0.29) is 11.8 Å². The molecular weight excluding hydrogens is 362 g/mol. The Morgan fingerprint density at radius 3 is 1.79 bits per heavy atom. The van der Waals surface area contributed by atoms with Crippen LogP contribution < -0.4 is 4.74 Å². The van der Waals surface area contributed by atoms with E-state index in [9.17, 15) is 9.59 Å². The van der Waals surface area contributed by atoms with Crippen molar-refractivity contribution in [3.8, 4) is 5.75 Å². The molecule has 0 spiro atoms. The Morgan fingerprint density at radius 2 is 1.21 bits per heavy atom. The van der Waals surface area contributed by atoms with Gasteiger partial charge in [0.1, 0.15) is 5.75 Å². The van der Waals surface area contributed by atoms with Gasteiger partial charge in [-0.25, -0.2) is 0 Å². The largest absolute Gasteiger partial charge is 0.494 e. The quantitative estimate of drug-likeness (QED) is 0.339. The maximum atomic E-state index is 12.3. The van der Waals surface area contributed by atoms with E-state index in [0.29, 0.717) is 17.7 Å². The summed E-state index contributed by atoms with van der Waals surface area (Å²) in [7, 11) is 0. The number of fused-ring (bicyclic) bond motifs is 1. The molecule has 2 aromatic carbocycles. The molecule has 0 saturated carbocycles. The normalized spacial score (nSPS) is 13.1. The third kappa shape index (κ3) is 5.93. The topological polar surface area (TPSA) is 46.6 Å². The zero-order valence-electron chi connectivity index (χ0n) is 17.4. The van der Waals surface area contributed by atoms with E-state index in [0.717, 1.165) is 38.0 Å². The first-order chi connectivity index (χ1) is 14.2. The van der Waals surface area contributed by atoms with Gasteiger partial charge < -0.3 is 4.74 Å². The molecule has 3 rings (SSSR count). The van der Waals surface area contributed by atoms with Gasteiger partial charge in [-0.05, 0) is 44.0 Å². The maximum absolute atomic E-state index is 12.3. The number of rotatable bonds is 12. The minimum absolute atomic E-state index is 0.140. The molecule has 0 atom stereocenters. The Hall–Kier alpha value is -2.62. The standard InChI is InChI=1S/C25H31NO3/c1-20-14-16-21(17-15-20)29-19-11-7-5-3-2-4-6-10-18-26-24(27)22-12-8-9-13-23(22)25(26)28/h8-9,12-17H,2-7,10-11,18-19H2,1H3. The number of aryl methyl sites for hydroxylation is 1. The highest BCUT2D eigenvalue weighted by Crippen LogP contribution is 2.23. The van der Waals surface area contributed by atoms with Crippen LogP contribution in [0.15, 0.2) is 48.5 Å². The molecule has 29 heavy (non-hydrogen) atoms. The Balaban J connectivity index is 1.18. The van der Waals surface area contributed by atoms with Crippen LogP contribution in [0.3, 0.4) is 0 Å². The molecule has 0 unspecified atom stereocenters. The predicted molar refractivity (Wildman–Crippen MR) is 115 cm³/mol. The number of benzene rings is 2. The molecule has 4 nitrogen and oxygen atoms in total. The summed E-state index contributed by atoms with van der Waals surface area (Å²) in [6.07, 6.45) is 9.06. The number of carbonyl (C=O) groups is 2. The number of hydrogen-bond acceptors (Lipinski definition) is 3. The second kappa shape index (κ2) is 10.8. The number of carbonyl (C=O) groups excluding carboxylic acids is 2. The fourth-order valence-electron chi connectivity index (χ4n) is 3.70. The number of amides is 2. The van der Waals surface area contributed by atoms with Crippen molar-refractivity contribution in [3.63, 3.8) is 0 Å². The molecule has 1 aliphatic heterocycles. The molecule has 2 amide bonds.